The van der Waals surface area contributed by atoms with Crippen LogP contribution in [0.3, 0.4) is 0 Å². The fraction of sp³-hybridized carbons (Fsp3) is 0.500. The SMILES string of the molecule is C=CCN(C(=O)Cc1ccc(OC)cc1)C1CCN(C)CC1. The number of ether oxygens (including phenoxy) is 1. The molecule has 1 aromatic carbocycles. The van der Waals surface area contributed by atoms with Gasteiger partial charge in [-0.1, -0.05) is 18.2 Å². The van der Waals surface area contributed by atoms with Crippen molar-refractivity contribution in [2.75, 3.05) is 33.8 Å². The third-order valence-electron chi connectivity index (χ3n) is 4.29. The minimum Gasteiger partial charge on any atom is -0.497 e. The first-order valence-electron chi connectivity index (χ1n) is 7.86. The van der Waals surface area contributed by atoms with E-state index in [4.69, 9.17) is 4.74 Å². The van der Waals surface area contributed by atoms with Crippen molar-refractivity contribution in [1.82, 2.24) is 9.80 Å². The lowest BCUT2D eigenvalue weighted by atomic mass is 10.0. The molecule has 0 atom stereocenters. The molecule has 1 aromatic rings. The number of methoxy groups -OCH3 is 1. The van der Waals surface area contributed by atoms with E-state index in [2.05, 4.69) is 18.5 Å². The van der Waals surface area contributed by atoms with Crippen molar-refractivity contribution in [3.05, 3.63) is 42.5 Å². The maximum Gasteiger partial charge on any atom is 0.227 e. The normalized spacial score (nSPS) is 16.3. The van der Waals surface area contributed by atoms with Crippen LogP contribution >= 0.6 is 0 Å². The average Bonchev–Trinajstić information content (AvgIpc) is 2.54. The lowest BCUT2D eigenvalue weighted by Crippen LogP contribution is -2.47. The van der Waals surface area contributed by atoms with Crippen molar-refractivity contribution in [1.29, 1.82) is 0 Å². The smallest absolute Gasteiger partial charge is 0.227 e. The molecular formula is C18H26N2O2. The molecule has 22 heavy (non-hydrogen) atoms. The molecule has 0 bridgehead atoms. The van der Waals surface area contributed by atoms with E-state index in [1.165, 1.54) is 0 Å². The lowest BCUT2D eigenvalue weighted by molar-refractivity contribution is -0.133. The van der Waals surface area contributed by atoms with Crippen LogP contribution in [0.15, 0.2) is 36.9 Å². The topological polar surface area (TPSA) is 32.8 Å². The Bertz CT molecular complexity index is 490. The number of carbonyl (C=O) groups excluding carboxylic acids is 1. The number of carbonyl (C=O) groups is 1. The van der Waals surface area contributed by atoms with E-state index in [1.807, 2.05) is 35.2 Å². The van der Waals surface area contributed by atoms with Crippen molar-refractivity contribution < 1.29 is 9.53 Å². The van der Waals surface area contributed by atoms with E-state index in [-0.39, 0.29) is 5.91 Å². The minimum absolute atomic E-state index is 0.180. The van der Waals surface area contributed by atoms with Crippen LogP contribution in [0.2, 0.25) is 0 Å². The first-order chi connectivity index (χ1) is 10.6. The molecule has 1 fully saturated rings. The molecule has 0 radical (unpaired) electrons. The summed E-state index contributed by atoms with van der Waals surface area (Å²) in [6, 6.07) is 8.04. The highest BCUT2D eigenvalue weighted by molar-refractivity contribution is 5.79. The van der Waals surface area contributed by atoms with E-state index < -0.39 is 0 Å². The zero-order valence-electron chi connectivity index (χ0n) is 13.6. The Kier molecular flexibility index (Phi) is 6.01. The Balaban J connectivity index is 2.00. The third kappa shape index (κ3) is 4.34. The van der Waals surface area contributed by atoms with Gasteiger partial charge in [0.1, 0.15) is 5.75 Å². The van der Waals surface area contributed by atoms with Crippen LogP contribution < -0.4 is 4.74 Å². The average molecular weight is 302 g/mol. The number of hydrogen-bond donors (Lipinski definition) is 0. The van der Waals surface area contributed by atoms with Crippen molar-refractivity contribution >= 4 is 5.91 Å². The lowest BCUT2D eigenvalue weighted by Gasteiger charge is -2.37. The molecule has 1 amide bonds. The molecule has 0 saturated carbocycles. The number of nitrogens with zero attached hydrogens (tertiary/aromatic N) is 2. The van der Waals surface area contributed by atoms with E-state index in [0.29, 0.717) is 19.0 Å². The van der Waals surface area contributed by atoms with Gasteiger partial charge in [0.05, 0.1) is 13.5 Å². The second-order valence-corrected chi connectivity index (χ2v) is 5.89. The number of piperidine rings is 1. The number of benzene rings is 1. The molecule has 1 saturated heterocycles. The van der Waals surface area contributed by atoms with Crippen LogP contribution in [0.4, 0.5) is 0 Å². The largest absolute Gasteiger partial charge is 0.497 e. The molecule has 1 aliphatic rings. The molecule has 4 nitrogen and oxygen atoms in total. The first kappa shape index (κ1) is 16.6. The van der Waals surface area contributed by atoms with Gasteiger partial charge < -0.3 is 14.5 Å². The van der Waals surface area contributed by atoms with E-state index in [0.717, 1.165) is 37.2 Å². The van der Waals surface area contributed by atoms with E-state index in [1.54, 1.807) is 7.11 Å². The van der Waals surface area contributed by atoms with Crippen molar-refractivity contribution in [2.24, 2.45) is 0 Å². The van der Waals surface area contributed by atoms with Crippen molar-refractivity contribution in [2.45, 2.75) is 25.3 Å². The van der Waals surface area contributed by atoms with Crippen LogP contribution in [0, 0.1) is 0 Å². The molecule has 1 heterocycles. The van der Waals surface area contributed by atoms with Crippen LogP contribution in [0.1, 0.15) is 18.4 Å². The zero-order chi connectivity index (χ0) is 15.9. The highest BCUT2D eigenvalue weighted by atomic mass is 16.5. The Morgan fingerprint density at radius 3 is 2.55 bits per heavy atom. The summed E-state index contributed by atoms with van der Waals surface area (Å²) in [5.74, 6) is 0.995. The molecule has 0 aliphatic carbocycles. The number of rotatable bonds is 6. The second kappa shape index (κ2) is 7.99. The molecule has 0 unspecified atom stereocenters. The maximum absolute atomic E-state index is 12.7. The molecule has 0 N–H and O–H groups in total. The molecule has 0 spiro atoms. The summed E-state index contributed by atoms with van der Waals surface area (Å²) in [6.45, 7) is 6.53. The predicted molar refractivity (Wildman–Crippen MR) is 89.1 cm³/mol. The molecule has 120 valence electrons. The van der Waals surface area contributed by atoms with Gasteiger partial charge in [0.25, 0.3) is 0 Å². The Morgan fingerprint density at radius 2 is 2.00 bits per heavy atom. The highest BCUT2D eigenvalue weighted by Gasteiger charge is 2.25. The predicted octanol–water partition coefficient (Wildman–Crippen LogP) is 2.35. The first-order valence-corrected chi connectivity index (χ1v) is 7.86. The van der Waals surface area contributed by atoms with Crippen molar-refractivity contribution in [3.8, 4) is 5.75 Å². The van der Waals surface area contributed by atoms with Crippen LogP contribution in [0.25, 0.3) is 0 Å². The van der Waals surface area contributed by atoms with Crippen LogP contribution in [0.5, 0.6) is 5.75 Å². The summed E-state index contributed by atoms with van der Waals surface area (Å²) in [4.78, 5) is 17.0. The zero-order valence-corrected chi connectivity index (χ0v) is 13.6. The third-order valence-corrected chi connectivity index (χ3v) is 4.29. The second-order valence-electron chi connectivity index (χ2n) is 5.89. The molecule has 2 rings (SSSR count). The Hall–Kier alpha value is -1.81. The summed E-state index contributed by atoms with van der Waals surface area (Å²) in [7, 11) is 3.78. The summed E-state index contributed by atoms with van der Waals surface area (Å²) in [5, 5.41) is 0. The minimum atomic E-state index is 0.180. The van der Waals surface area contributed by atoms with Gasteiger partial charge in [0, 0.05) is 12.6 Å². The van der Waals surface area contributed by atoms with E-state index in [9.17, 15) is 4.79 Å². The van der Waals surface area contributed by atoms with Gasteiger partial charge in [-0.15, -0.1) is 6.58 Å². The van der Waals surface area contributed by atoms with Gasteiger partial charge in [0.2, 0.25) is 5.91 Å². The fourth-order valence-corrected chi connectivity index (χ4v) is 2.92. The van der Waals surface area contributed by atoms with Gasteiger partial charge >= 0.3 is 0 Å². The van der Waals surface area contributed by atoms with Gasteiger partial charge in [-0.05, 0) is 50.7 Å². The highest BCUT2D eigenvalue weighted by Crippen LogP contribution is 2.18. The summed E-state index contributed by atoms with van der Waals surface area (Å²) in [5.41, 5.74) is 1.02. The molecule has 1 aliphatic heterocycles. The maximum atomic E-state index is 12.7. The number of likely N-dealkylation sites (tertiary alicyclic amines) is 1. The molecular weight excluding hydrogens is 276 g/mol. The summed E-state index contributed by atoms with van der Waals surface area (Å²) in [6.07, 6.45) is 4.34. The number of hydrogen-bond acceptors (Lipinski definition) is 3. The Labute approximate surface area is 133 Å². The fourth-order valence-electron chi connectivity index (χ4n) is 2.92. The monoisotopic (exact) mass is 302 g/mol. The van der Waals surface area contributed by atoms with Gasteiger partial charge in [-0.3, -0.25) is 4.79 Å². The van der Waals surface area contributed by atoms with Gasteiger partial charge in [0.15, 0.2) is 0 Å². The van der Waals surface area contributed by atoms with Gasteiger partial charge in [-0.25, -0.2) is 0 Å². The van der Waals surface area contributed by atoms with Crippen LogP contribution in [-0.4, -0.2) is 55.5 Å². The number of amides is 1. The van der Waals surface area contributed by atoms with E-state index >= 15 is 0 Å². The summed E-state index contributed by atoms with van der Waals surface area (Å²) < 4.78 is 5.15. The summed E-state index contributed by atoms with van der Waals surface area (Å²) >= 11 is 0. The Morgan fingerprint density at radius 1 is 1.36 bits per heavy atom. The quantitative estimate of drug-likeness (QED) is 0.756. The molecule has 0 aromatic heterocycles. The van der Waals surface area contributed by atoms with Crippen molar-refractivity contribution in [3.63, 3.8) is 0 Å². The van der Waals surface area contributed by atoms with Gasteiger partial charge in [-0.2, -0.15) is 0 Å². The van der Waals surface area contributed by atoms with Crippen LogP contribution in [-0.2, 0) is 11.2 Å². The molecule has 4 heteroatoms. The standard InChI is InChI=1S/C18H26N2O2/c1-4-11-20(16-9-12-19(2)13-10-16)18(21)14-15-5-7-17(22-3)8-6-15/h4-8,16H,1,9-14H2,2-3H3.